The highest BCUT2D eigenvalue weighted by Gasteiger charge is 2.29. The summed E-state index contributed by atoms with van der Waals surface area (Å²) in [4.78, 5) is 0. The molecule has 0 bridgehead atoms. The molecule has 10 heteroatoms. The number of ether oxygens (including phenoxy) is 2. The summed E-state index contributed by atoms with van der Waals surface area (Å²) in [5.41, 5.74) is 0.0326. The average molecular weight is 529 g/mol. The Bertz CT molecular complexity index is 905. The van der Waals surface area contributed by atoms with Gasteiger partial charge in [-0.1, -0.05) is 70.7 Å². The van der Waals surface area contributed by atoms with E-state index in [4.69, 9.17) is 55.9 Å². The smallest absolute Gasteiger partial charge is 0.416 e. The molecule has 0 atom stereocenters. The molecule has 3 nitrogen and oxygen atoms in total. The first kappa shape index (κ1) is 26.7. The maximum absolute atomic E-state index is 12.5. The standard InChI is InChI=1S/C22H20Cl4F3NO2/c23-18-13-17(31-12-8-20(25)26)14-19(24)21(18)32-11-2-10-30-9-1-3-15-4-6-16(7-5-15)22(27,28)29/h1,3-8,13-14,30H,2,9-12H2. The van der Waals surface area contributed by atoms with Crippen LogP contribution in [0.1, 0.15) is 17.5 Å². The summed E-state index contributed by atoms with van der Waals surface area (Å²) in [5, 5.41) is 3.83. The van der Waals surface area contributed by atoms with Crippen molar-refractivity contribution in [2.24, 2.45) is 0 Å². The Morgan fingerprint density at radius 2 is 1.66 bits per heavy atom. The second-order valence-corrected chi connectivity index (χ2v) is 8.27. The van der Waals surface area contributed by atoms with Crippen LogP contribution in [-0.4, -0.2) is 26.3 Å². The zero-order valence-corrected chi connectivity index (χ0v) is 19.7. The van der Waals surface area contributed by atoms with E-state index >= 15 is 0 Å². The van der Waals surface area contributed by atoms with Crippen molar-refractivity contribution >= 4 is 52.5 Å². The molecule has 0 aliphatic carbocycles. The molecular weight excluding hydrogens is 509 g/mol. The van der Waals surface area contributed by atoms with Crippen LogP contribution in [0.25, 0.3) is 6.08 Å². The van der Waals surface area contributed by atoms with Gasteiger partial charge in [0.2, 0.25) is 0 Å². The van der Waals surface area contributed by atoms with E-state index in [-0.39, 0.29) is 11.1 Å². The Balaban J connectivity index is 1.68. The molecule has 2 aromatic rings. The molecule has 32 heavy (non-hydrogen) atoms. The Hall–Kier alpha value is -1.57. The normalized spacial score (nSPS) is 11.6. The number of hydrogen-bond acceptors (Lipinski definition) is 3. The van der Waals surface area contributed by atoms with E-state index in [1.807, 2.05) is 6.08 Å². The molecule has 0 spiro atoms. The highest BCUT2D eigenvalue weighted by Crippen LogP contribution is 2.37. The van der Waals surface area contributed by atoms with Crippen LogP contribution in [0.2, 0.25) is 10.0 Å². The average Bonchev–Trinajstić information content (AvgIpc) is 2.71. The molecule has 0 radical (unpaired) electrons. The Morgan fingerprint density at radius 3 is 2.25 bits per heavy atom. The third kappa shape index (κ3) is 9.51. The summed E-state index contributed by atoms with van der Waals surface area (Å²) < 4.78 is 48.8. The lowest BCUT2D eigenvalue weighted by Crippen LogP contribution is -2.17. The first-order chi connectivity index (χ1) is 15.2. The van der Waals surface area contributed by atoms with Crippen molar-refractivity contribution in [3.05, 3.63) is 74.2 Å². The van der Waals surface area contributed by atoms with Gasteiger partial charge in [0, 0.05) is 18.7 Å². The second-order valence-electron chi connectivity index (χ2n) is 6.45. The molecule has 0 aliphatic heterocycles. The lowest BCUT2D eigenvalue weighted by Gasteiger charge is -2.12. The van der Waals surface area contributed by atoms with Gasteiger partial charge in [-0.05, 0) is 36.7 Å². The molecule has 0 heterocycles. The Morgan fingerprint density at radius 1 is 1.00 bits per heavy atom. The molecule has 0 unspecified atom stereocenters. The highest BCUT2D eigenvalue weighted by molar-refractivity contribution is 6.55. The molecule has 0 aliphatic rings. The summed E-state index contributed by atoms with van der Waals surface area (Å²) in [6.45, 7) is 1.79. The third-order valence-corrected chi connectivity index (χ3v) is 4.88. The van der Waals surface area contributed by atoms with Gasteiger partial charge in [0.25, 0.3) is 0 Å². The van der Waals surface area contributed by atoms with Crippen molar-refractivity contribution in [1.29, 1.82) is 0 Å². The molecular formula is C22H20Cl4F3NO2. The van der Waals surface area contributed by atoms with Gasteiger partial charge in [-0.2, -0.15) is 13.2 Å². The van der Waals surface area contributed by atoms with Crippen molar-refractivity contribution in [2.45, 2.75) is 12.6 Å². The minimum absolute atomic E-state index is 0.103. The number of rotatable bonds is 11. The number of nitrogens with one attached hydrogen (secondary N) is 1. The van der Waals surface area contributed by atoms with Crippen molar-refractivity contribution < 1.29 is 22.6 Å². The predicted octanol–water partition coefficient (Wildman–Crippen LogP) is 7.78. The minimum atomic E-state index is -4.33. The van der Waals surface area contributed by atoms with Gasteiger partial charge in [-0.15, -0.1) is 0 Å². The summed E-state index contributed by atoms with van der Waals surface area (Å²) in [6.07, 6.45) is 1.44. The van der Waals surface area contributed by atoms with Crippen LogP contribution < -0.4 is 14.8 Å². The van der Waals surface area contributed by atoms with Crippen molar-refractivity contribution in [3.63, 3.8) is 0 Å². The monoisotopic (exact) mass is 527 g/mol. The van der Waals surface area contributed by atoms with Crippen LogP contribution in [0.5, 0.6) is 11.5 Å². The van der Waals surface area contributed by atoms with Gasteiger partial charge in [0.15, 0.2) is 5.75 Å². The van der Waals surface area contributed by atoms with E-state index in [2.05, 4.69) is 5.32 Å². The first-order valence-electron chi connectivity index (χ1n) is 9.47. The maximum atomic E-state index is 12.5. The molecule has 174 valence electrons. The fraction of sp³-hybridized carbons (Fsp3) is 0.273. The molecule has 0 amide bonds. The zero-order valence-electron chi connectivity index (χ0n) is 16.7. The van der Waals surface area contributed by atoms with Crippen LogP contribution in [0.3, 0.4) is 0 Å². The van der Waals surface area contributed by atoms with Crippen LogP contribution in [0.4, 0.5) is 13.2 Å². The third-order valence-electron chi connectivity index (χ3n) is 4.01. The summed E-state index contributed by atoms with van der Waals surface area (Å²) in [6, 6.07) is 8.16. The van der Waals surface area contributed by atoms with Gasteiger partial charge in [0.1, 0.15) is 16.8 Å². The van der Waals surface area contributed by atoms with Crippen LogP contribution in [-0.2, 0) is 6.18 Å². The van der Waals surface area contributed by atoms with Crippen molar-refractivity contribution in [2.75, 3.05) is 26.3 Å². The van der Waals surface area contributed by atoms with E-state index in [9.17, 15) is 13.2 Å². The van der Waals surface area contributed by atoms with Crippen LogP contribution >= 0.6 is 46.4 Å². The molecule has 1 N–H and O–H groups in total. The molecule has 2 aromatic carbocycles. The summed E-state index contributed by atoms with van der Waals surface area (Å²) in [7, 11) is 0. The van der Waals surface area contributed by atoms with E-state index < -0.39 is 11.7 Å². The van der Waals surface area contributed by atoms with E-state index in [0.717, 1.165) is 12.1 Å². The Kier molecular flexibility index (Phi) is 11.0. The van der Waals surface area contributed by atoms with Crippen molar-refractivity contribution in [1.82, 2.24) is 5.32 Å². The van der Waals surface area contributed by atoms with Gasteiger partial charge in [-0.3, -0.25) is 0 Å². The summed E-state index contributed by atoms with van der Waals surface area (Å²) >= 11 is 23.5. The minimum Gasteiger partial charge on any atom is -0.490 e. The van der Waals surface area contributed by atoms with E-state index in [1.54, 1.807) is 18.2 Å². The first-order valence-corrected chi connectivity index (χ1v) is 11.0. The van der Waals surface area contributed by atoms with Crippen LogP contribution in [0.15, 0.2) is 53.0 Å². The fourth-order valence-corrected chi connectivity index (χ4v) is 3.20. The number of alkyl halides is 3. The molecule has 0 saturated carbocycles. The number of benzene rings is 2. The quantitative estimate of drug-likeness (QED) is 0.302. The Labute approximate surface area is 204 Å². The highest BCUT2D eigenvalue weighted by atomic mass is 35.5. The lowest BCUT2D eigenvalue weighted by molar-refractivity contribution is -0.137. The lowest BCUT2D eigenvalue weighted by atomic mass is 10.1. The number of halogens is 7. The molecule has 2 rings (SSSR count). The molecule has 0 saturated heterocycles. The maximum Gasteiger partial charge on any atom is 0.416 e. The van der Waals surface area contributed by atoms with Gasteiger partial charge < -0.3 is 14.8 Å². The fourth-order valence-electron chi connectivity index (χ4n) is 2.49. The number of hydrogen-bond donors (Lipinski definition) is 1. The van der Waals surface area contributed by atoms with Gasteiger partial charge in [-0.25, -0.2) is 0 Å². The summed E-state index contributed by atoms with van der Waals surface area (Å²) in [5.74, 6) is 0.827. The SMILES string of the molecule is FC(F)(F)c1ccc(C=CCNCCCOc2c(Cl)cc(OCC=C(Cl)Cl)cc2Cl)cc1. The second kappa shape index (κ2) is 13.2. The predicted molar refractivity (Wildman–Crippen MR) is 125 cm³/mol. The van der Waals surface area contributed by atoms with Crippen molar-refractivity contribution in [3.8, 4) is 11.5 Å². The van der Waals surface area contributed by atoms with Gasteiger partial charge >= 0.3 is 6.18 Å². The largest absolute Gasteiger partial charge is 0.490 e. The van der Waals surface area contributed by atoms with Gasteiger partial charge in [0.05, 0.1) is 22.2 Å². The van der Waals surface area contributed by atoms with E-state index in [0.29, 0.717) is 53.2 Å². The zero-order chi connectivity index (χ0) is 23.6. The topological polar surface area (TPSA) is 30.5 Å². The van der Waals surface area contributed by atoms with E-state index in [1.165, 1.54) is 18.2 Å². The van der Waals surface area contributed by atoms with Crippen LogP contribution in [0, 0.1) is 0 Å². The molecule has 0 aromatic heterocycles. The molecule has 0 fully saturated rings.